The van der Waals surface area contributed by atoms with Crippen LogP contribution in [0.1, 0.15) is 45.0 Å². The van der Waals surface area contributed by atoms with Crippen LogP contribution >= 0.6 is 0 Å². The first-order valence-electron chi connectivity index (χ1n) is 6.19. The van der Waals surface area contributed by atoms with Crippen molar-refractivity contribution < 1.29 is 4.79 Å². The van der Waals surface area contributed by atoms with Crippen LogP contribution in [-0.2, 0) is 11.8 Å². The zero-order valence-corrected chi connectivity index (χ0v) is 12.1. The Balaban J connectivity index is 2.74. The number of nitrogens with two attached hydrogens (primary N) is 1. The van der Waals surface area contributed by atoms with Crippen LogP contribution in [0, 0.1) is 12.3 Å². The summed E-state index contributed by atoms with van der Waals surface area (Å²) in [5.74, 6) is -0.127. The van der Waals surface area contributed by atoms with Gasteiger partial charge in [0.25, 0.3) is 0 Å². The number of amides is 1. The first-order valence-corrected chi connectivity index (χ1v) is 6.19. The molecule has 0 saturated heterocycles. The number of carbonyl (C=O) groups excluding carboxylic acids is 1. The lowest BCUT2D eigenvalue weighted by molar-refractivity contribution is -0.125. The molecule has 0 aliphatic carbocycles. The second kappa shape index (κ2) is 5.10. The maximum atomic E-state index is 12.0. The Kier molecular flexibility index (Phi) is 4.16. The maximum Gasteiger partial charge on any atom is 0.237 e. The van der Waals surface area contributed by atoms with Crippen molar-refractivity contribution in [3.63, 3.8) is 0 Å². The number of rotatable bonds is 3. The third-order valence-electron chi connectivity index (χ3n) is 3.09. The van der Waals surface area contributed by atoms with Gasteiger partial charge in [0, 0.05) is 18.8 Å². The van der Waals surface area contributed by atoms with Crippen molar-refractivity contribution in [2.45, 2.75) is 46.7 Å². The van der Waals surface area contributed by atoms with Gasteiger partial charge in [-0.25, -0.2) is 0 Å². The first kappa shape index (κ1) is 14.7. The van der Waals surface area contributed by atoms with Gasteiger partial charge in [-0.05, 0) is 19.3 Å². The molecule has 2 atom stereocenters. The van der Waals surface area contributed by atoms with E-state index in [9.17, 15) is 4.79 Å². The fourth-order valence-corrected chi connectivity index (χ4v) is 1.82. The lowest BCUT2D eigenvalue weighted by Gasteiger charge is -2.27. The Morgan fingerprint density at radius 3 is 2.44 bits per heavy atom. The molecule has 1 aromatic heterocycles. The van der Waals surface area contributed by atoms with Crippen LogP contribution in [-0.4, -0.2) is 21.7 Å². The highest BCUT2D eigenvalue weighted by Crippen LogP contribution is 2.20. The molecule has 0 aliphatic heterocycles. The van der Waals surface area contributed by atoms with Crippen LogP contribution in [0.5, 0.6) is 0 Å². The van der Waals surface area contributed by atoms with Crippen molar-refractivity contribution in [1.29, 1.82) is 0 Å². The third kappa shape index (κ3) is 3.32. The van der Waals surface area contributed by atoms with Gasteiger partial charge in [-0.15, -0.1) is 0 Å². The molecule has 0 aromatic carbocycles. The molecular formula is C13H24N4O. The van der Waals surface area contributed by atoms with Crippen molar-refractivity contribution in [2.24, 2.45) is 18.2 Å². The topological polar surface area (TPSA) is 72.9 Å². The average Bonchev–Trinajstić information content (AvgIpc) is 2.55. The summed E-state index contributed by atoms with van der Waals surface area (Å²) < 4.78 is 1.75. The van der Waals surface area contributed by atoms with Crippen molar-refractivity contribution in [1.82, 2.24) is 15.1 Å². The summed E-state index contributed by atoms with van der Waals surface area (Å²) in [6, 6.07) is -0.600. The van der Waals surface area contributed by atoms with Gasteiger partial charge in [0.05, 0.1) is 17.8 Å². The molecule has 1 unspecified atom stereocenters. The Morgan fingerprint density at radius 1 is 1.50 bits per heavy atom. The fourth-order valence-electron chi connectivity index (χ4n) is 1.82. The molecule has 102 valence electrons. The van der Waals surface area contributed by atoms with Crippen LogP contribution in [0.3, 0.4) is 0 Å². The Labute approximate surface area is 109 Å². The van der Waals surface area contributed by atoms with Crippen LogP contribution in [0.25, 0.3) is 0 Å². The fraction of sp³-hybridized carbons (Fsp3) is 0.692. The summed E-state index contributed by atoms with van der Waals surface area (Å²) in [4.78, 5) is 12.0. The van der Waals surface area contributed by atoms with E-state index in [0.717, 1.165) is 11.3 Å². The molecule has 1 rings (SSSR count). The number of nitrogens with one attached hydrogen (secondary N) is 1. The van der Waals surface area contributed by atoms with Gasteiger partial charge in [0.15, 0.2) is 0 Å². The van der Waals surface area contributed by atoms with Crippen LogP contribution in [0.15, 0.2) is 6.20 Å². The molecule has 1 amide bonds. The minimum atomic E-state index is -0.517. The minimum absolute atomic E-state index is 0.0837. The Morgan fingerprint density at radius 2 is 2.06 bits per heavy atom. The molecule has 1 heterocycles. The number of hydrogen-bond donors (Lipinski definition) is 2. The zero-order valence-electron chi connectivity index (χ0n) is 12.1. The predicted molar refractivity (Wildman–Crippen MR) is 71.9 cm³/mol. The van der Waals surface area contributed by atoms with Crippen LogP contribution < -0.4 is 11.1 Å². The summed E-state index contributed by atoms with van der Waals surface area (Å²) in [6.45, 7) is 9.74. The molecule has 0 aliphatic rings. The third-order valence-corrected chi connectivity index (χ3v) is 3.09. The molecule has 0 saturated carbocycles. The van der Waals surface area contributed by atoms with E-state index in [1.54, 1.807) is 4.68 Å². The van der Waals surface area contributed by atoms with E-state index in [1.165, 1.54) is 0 Å². The van der Waals surface area contributed by atoms with Gasteiger partial charge in [0.2, 0.25) is 5.91 Å². The van der Waals surface area contributed by atoms with E-state index in [0.29, 0.717) is 0 Å². The van der Waals surface area contributed by atoms with Crippen molar-refractivity contribution in [3.8, 4) is 0 Å². The molecule has 5 heteroatoms. The van der Waals surface area contributed by atoms with E-state index >= 15 is 0 Å². The number of carbonyl (C=O) groups is 1. The predicted octanol–water partition coefficient (Wildman–Crippen LogP) is 1.28. The lowest BCUT2D eigenvalue weighted by atomic mass is 9.86. The highest BCUT2D eigenvalue weighted by Gasteiger charge is 2.28. The maximum absolute atomic E-state index is 12.0. The number of aryl methyl sites for hydroxylation is 2. The summed E-state index contributed by atoms with van der Waals surface area (Å²) in [5.41, 5.74) is 7.63. The zero-order chi connectivity index (χ0) is 14.1. The van der Waals surface area contributed by atoms with Crippen molar-refractivity contribution in [2.75, 3.05) is 0 Å². The highest BCUT2D eigenvalue weighted by atomic mass is 16.2. The monoisotopic (exact) mass is 252 g/mol. The first-order chi connectivity index (χ1) is 8.12. The molecule has 0 bridgehead atoms. The number of nitrogens with zero attached hydrogens (tertiary/aromatic N) is 2. The largest absolute Gasteiger partial charge is 0.348 e. The molecule has 0 spiro atoms. The lowest BCUT2D eigenvalue weighted by Crippen LogP contribution is -2.49. The summed E-state index contributed by atoms with van der Waals surface area (Å²) in [6.07, 6.45) is 1.92. The second-order valence-electron chi connectivity index (χ2n) is 5.92. The Hall–Kier alpha value is -1.36. The van der Waals surface area contributed by atoms with Gasteiger partial charge < -0.3 is 11.1 Å². The molecule has 18 heavy (non-hydrogen) atoms. The van der Waals surface area contributed by atoms with Crippen molar-refractivity contribution >= 4 is 5.91 Å². The molecular weight excluding hydrogens is 228 g/mol. The van der Waals surface area contributed by atoms with E-state index in [2.05, 4.69) is 10.4 Å². The summed E-state index contributed by atoms with van der Waals surface area (Å²) in [5, 5.41) is 7.21. The average molecular weight is 252 g/mol. The SMILES string of the molecule is Cc1nn(C)cc1C(C)NC(=O)[C@@H](N)C(C)(C)C. The van der Waals surface area contributed by atoms with E-state index < -0.39 is 6.04 Å². The van der Waals surface area contributed by atoms with E-state index in [1.807, 2.05) is 47.9 Å². The van der Waals surface area contributed by atoms with Gasteiger partial charge in [-0.1, -0.05) is 20.8 Å². The van der Waals surface area contributed by atoms with Crippen molar-refractivity contribution in [3.05, 3.63) is 17.5 Å². The molecule has 0 fully saturated rings. The molecule has 3 N–H and O–H groups in total. The molecule has 5 nitrogen and oxygen atoms in total. The van der Waals surface area contributed by atoms with E-state index in [-0.39, 0.29) is 17.4 Å². The van der Waals surface area contributed by atoms with Gasteiger partial charge in [0.1, 0.15) is 0 Å². The minimum Gasteiger partial charge on any atom is -0.348 e. The Bertz CT molecular complexity index is 431. The molecule has 1 aromatic rings. The smallest absolute Gasteiger partial charge is 0.237 e. The quantitative estimate of drug-likeness (QED) is 0.851. The standard InChI is InChI=1S/C13H24N4O/c1-8(10-7-17(6)16-9(10)2)15-12(18)11(14)13(3,4)5/h7-8,11H,14H2,1-6H3,(H,15,18)/t8?,11-/m1/s1. The summed E-state index contributed by atoms with van der Waals surface area (Å²) in [7, 11) is 1.87. The van der Waals surface area contributed by atoms with Crippen LogP contribution in [0.2, 0.25) is 0 Å². The molecule has 0 radical (unpaired) electrons. The highest BCUT2D eigenvalue weighted by molar-refractivity contribution is 5.82. The summed E-state index contributed by atoms with van der Waals surface area (Å²) >= 11 is 0. The van der Waals surface area contributed by atoms with E-state index in [4.69, 9.17) is 5.73 Å². The van der Waals surface area contributed by atoms with Crippen LogP contribution in [0.4, 0.5) is 0 Å². The van der Waals surface area contributed by atoms with Gasteiger partial charge >= 0.3 is 0 Å². The van der Waals surface area contributed by atoms with Gasteiger partial charge in [-0.3, -0.25) is 9.48 Å². The normalized spacial score (nSPS) is 15.3. The van der Waals surface area contributed by atoms with Gasteiger partial charge in [-0.2, -0.15) is 5.10 Å². The second-order valence-corrected chi connectivity index (χ2v) is 5.92. The number of aromatic nitrogens is 2. The number of hydrogen-bond acceptors (Lipinski definition) is 3.